The van der Waals surface area contributed by atoms with Crippen LogP contribution in [0.1, 0.15) is 42.8 Å². The minimum Gasteiger partial charge on any atom is -0.466 e. The van der Waals surface area contributed by atoms with Gasteiger partial charge in [0, 0.05) is 29.0 Å². The highest BCUT2D eigenvalue weighted by atomic mass is 16.6. The highest BCUT2D eigenvalue weighted by molar-refractivity contribution is 5.95. The number of carbonyl (C=O) groups excluding carboxylic acids is 2. The van der Waals surface area contributed by atoms with E-state index in [1.54, 1.807) is 25.1 Å². The van der Waals surface area contributed by atoms with Gasteiger partial charge >= 0.3 is 12.1 Å². The lowest BCUT2D eigenvalue weighted by Crippen LogP contribution is -2.35. The maximum Gasteiger partial charge on any atom is 0.419 e. The van der Waals surface area contributed by atoms with Gasteiger partial charge in [-0.05, 0) is 68.3 Å². The predicted molar refractivity (Wildman–Crippen MR) is 156 cm³/mol. The first-order valence-electron chi connectivity index (χ1n) is 13.2. The maximum absolute atomic E-state index is 13.3. The van der Waals surface area contributed by atoms with Crippen LogP contribution in [-0.2, 0) is 22.5 Å². The van der Waals surface area contributed by atoms with Crippen molar-refractivity contribution in [1.82, 2.24) is 9.97 Å². The molecule has 0 aliphatic carbocycles. The topological polar surface area (TPSA) is 146 Å². The standard InChI is InChI=1S/C30H34N6O4/c1-4-20-17-21(29(31)32)11-12-23(20)33-18-26-34-24-13-14-25(19(3)28(24)35-26)40-30(38)36(16-15-27(37)39-5-2)22-9-7-6-8-10-22/h6-14,17,33H,4-5,15-16,18H2,1-3H3,(H3,31,32)(H,34,35). The van der Waals surface area contributed by atoms with Crippen LogP contribution in [0.3, 0.4) is 0 Å². The first-order valence-corrected chi connectivity index (χ1v) is 13.2. The van der Waals surface area contributed by atoms with Crippen molar-refractivity contribution in [2.45, 2.75) is 40.2 Å². The fraction of sp³-hybridized carbons (Fsp3) is 0.267. The maximum atomic E-state index is 13.3. The number of aromatic nitrogens is 2. The van der Waals surface area contributed by atoms with Crippen molar-refractivity contribution in [3.8, 4) is 5.75 Å². The number of hydrogen-bond acceptors (Lipinski definition) is 7. The van der Waals surface area contributed by atoms with E-state index < -0.39 is 6.09 Å². The van der Waals surface area contributed by atoms with Crippen LogP contribution in [-0.4, -0.2) is 41.0 Å². The summed E-state index contributed by atoms with van der Waals surface area (Å²) in [5.74, 6) is 0.761. The van der Waals surface area contributed by atoms with E-state index >= 15 is 0 Å². The summed E-state index contributed by atoms with van der Waals surface area (Å²) in [6.07, 6.45) is 0.233. The molecule has 0 aliphatic heterocycles. The van der Waals surface area contributed by atoms with Crippen molar-refractivity contribution in [3.05, 3.63) is 83.2 Å². The van der Waals surface area contributed by atoms with E-state index in [1.807, 2.05) is 56.3 Å². The number of nitrogen functional groups attached to an aromatic ring is 1. The molecular weight excluding hydrogens is 508 g/mol. The molecule has 0 spiro atoms. The smallest absolute Gasteiger partial charge is 0.419 e. The number of H-pyrrole nitrogens is 1. The number of ether oxygens (including phenoxy) is 2. The molecule has 0 unspecified atom stereocenters. The summed E-state index contributed by atoms with van der Waals surface area (Å²) in [7, 11) is 0. The molecule has 40 heavy (non-hydrogen) atoms. The van der Waals surface area contributed by atoms with Gasteiger partial charge in [0.15, 0.2) is 0 Å². The van der Waals surface area contributed by atoms with Gasteiger partial charge in [0.1, 0.15) is 17.4 Å². The number of carbonyl (C=O) groups is 2. The van der Waals surface area contributed by atoms with Crippen LogP contribution < -0.4 is 20.7 Å². The van der Waals surface area contributed by atoms with Gasteiger partial charge in [-0.15, -0.1) is 0 Å². The van der Waals surface area contributed by atoms with E-state index in [9.17, 15) is 9.59 Å². The van der Waals surface area contributed by atoms with E-state index in [4.69, 9.17) is 25.6 Å². The Balaban J connectivity index is 1.50. The van der Waals surface area contributed by atoms with Gasteiger partial charge in [0.05, 0.1) is 30.6 Å². The van der Waals surface area contributed by atoms with Crippen LogP contribution in [0.15, 0.2) is 60.7 Å². The van der Waals surface area contributed by atoms with Crippen LogP contribution in [0.5, 0.6) is 5.75 Å². The van der Waals surface area contributed by atoms with E-state index in [1.165, 1.54) is 4.90 Å². The summed E-state index contributed by atoms with van der Waals surface area (Å²) in [6, 6.07) is 18.3. The highest BCUT2D eigenvalue weighted by Crippen LogP contribution is 2.28. The number of aromatic amines is 1. The lowest BCUT2D eigenvalue weighted by atomic mass is 10.1. The lowest BCUT2D eigenvalue weighted by Gasteiger charge is -2.22. The second-order valence-electron chi connectivity index (χ2n) is 9.17. The average molecular weight is 543 g/mol. The minimum absolute atomic E-state index is 0.0383. The highest BCUT2D eigenvalue weighted by Gasteiger charge is 2.21. The predicted octanol–water partition coefficient (Wildman–Crippen LogP) is 5.29. The van der Waals surface area contributed by atoms with Crippen molar-refractivity contribution in [2.75, 3.05) is 23.4 Å². The SMILES string of the molecule is CCOC(=O)CCN(C(=O)Oc1ccc2[nH]c(CNc3ccc(C(=N)N)cc3CC)nc2c1C)c1ccccc1. The molecule has 0 fully saturated rings. The molecule has 0 saturated carbocycles. The number of nitrogens with one attached hydrogen (secondary N) is 3. The summed E-state index contributed by atoms with van der Waals surface area (Å²) in [5.41, 5.74) is 11.2. The number of nitrogens with zero attached hydrogens (tertiary/aromatic N) is 2. The third kappa shape index (κ3) is 6.58. The van der Waals surface area contributed by atoms with Gasteiger partial charge in [-0.3, -0.25) is 15.1 Å². The third-order valence-electron chi connectivity index (χ3n) is 6.48. The van der Waals surface area contributed by atoms with Gasteiger partial charge in [0.2, 0.25) is 0 Å². The fourth-order valence-corrected chi connectivity index (χ4v) is 4.36. The lowest BCUT2D eigenvalue weighted by molar-refractivity contribution is -0.142. The molecule has 1 heterocycles. The number of fused-ring (bicyclic) bond motifs is 1. The van der Waals surface area contributed by atoms with Crippen LogP contribution in [0.4, 0.5) is 16.2 Å². The molecule has 208 valence electrons. The summed E-state index contributed by atoms with van der Waals surface area (Å²) in [6.45, 7) is 6.49. The molecule has 10 heteroatoms. The molecule has 0 radical (unpaired) electrons. The van der Waals surface area contributed by atoms with Gasteiger partial charge in [-0.25, -0.2) is 9.78 Å². The molecule has 1 aromatic heterocycles. The number of benzene rings is 3. The Bertz CT molecular complexity index is 1520. The third-order valence-corrected chi connectivity index (χ3v) is 6.48. The summed E-state index contributed by atoms with van der Waals surface area (Å²) in [4.78, 5) is 34.7. The van der Waals surface area contributed by atoms with Crippen molar-refractivity contribution in [1.29, 1.82) is 5.41 Å². The van der Waals surface area contributed by atoms with Crippen LogP contribution in [0, 0.1) is 12.3 Å². The molecule has 0 saturated heterocycles. The number of amidine groups is 1. The zero-order valence-corrected chi connectivity index (χ0v) is 22.9. The van der Waals surface area contributed by atoms with Crippen LogP contribution in [0.25, 0.3) is 11.0 Å². The zero-order chi connectivity index (χ0) is 28.6. The average Bonchev–Trinajstić information content (AvgIpc) is 3.38. The number of nitrogens with two attached hydrogens (primary N) is 1. The van der Waals surface area contributed by atoms with Crippen molar-refractivity contribution < 1.29 is 19.1 Å². The fourth-order valence-electron chi connectivity index (χ4n) is 4.36. The minimum atomic E-state index is -0.600. The number of amides is 1. The van der Waals surface area contributed by atoms with Crippen molar-refractivity contribution >= 4 is 40.3 Å². The van der Waals surface area contributed by atoms with Crippen molar-refractivity contribution in [2.24, 2.45) is 5.73 Å². The Labute approximate surface area is 233 Å². The number of anilines is 2. The Kier molecular flexibility index (Phi) is 9.00. The first-order chi connectivity index (χ1) is 19.3. The van der Waals surface area contributed by atoms with E-state index in [2.05, 4.69) is 10.3 Å². The quantitative estimate of drug-likeness (QED) is 0.114. The molecule has 3 aromatic carbocycles. The zero-order valence-electron chi connectivity index (χ0n) is 22.9. The van der Waals surface area contributed by atoms with Gasteiger partial charge in [-0.1, -0.05) is 25.1 Å². The first kappa shape index (κ1) is 28.2. The Morgan fingerprint density at radius 2 is 1.88 bits per heavy atom. The number of hydrogen-bond donors (Lipinski definition) is 4. The molecular formula is C30H34N6O4. The Morgan fingerprint density at radius 3 is 2.58 bits per heavy atom. The van der Waals surface area contributed by atoms with E-state index in [0.29, 0.717) is 34.6 Å². The van der Waals surface area contributed by atoms with E-state index in [0.717, 1.165) is 29.0 Å². The number of para-hydroxylation sites is 1. The normalized spacial score (nSPS) is 10.8. The van der Waals surface area contributed by atoms with Gasteiger partial charge < -0.3 is 25.5 Å². The number of imidazole rings is 1. The van der Waals surface area contributed by atoms with Gasteiger partial charge in [-0.2, -0.15) is 0 Å². The molecule has 5 N–H and O–H groups in total. The number of aryl methyl sites for hydroxylation is 2. The Morgan fingerprint density at radius 1 is 1.10 bits per heavy atom. The molecule has 0 atom stereocenters. The molecule has 0 aliphatic rings. The monoisotopic (exact) mass is 542 g/mol. The summed E-state index contributed by atoms with van der Waals surface area (Å²) >= 11 is 0. The number of rotatable bonds is 11. The molecule has 0 bridgehead atoms. The molecule has 1 amide bonds. The van der Waals surface area contributed by atoms with Crippen LogP contribution in [0.2, 0.25) is 0 Å². The second-order valence-corrected chi connectivity index (χ2v) is 9.17. The summed E-state index contributed by atoms with van der Waals surface area (Å²) < 4.78 is 10.8. The molecule has 4 rings (SSSR count). The largest absolute Gasteiger partial charge is 0.466 e. The number of esters is 1. The van der Waals surface area contributed by atoms with Crippen LogP contribution >= 0.6 is 0 Å². The summed E-state index contributed by atoms with van der Waals surface area (Å²) in [5, 5.41) is 11.1. The molecule has 10 nitrogen and oxygen atoms in total. The molecule has 4 aromatic rings. The van der Waals surface area contributed by atoms with E-state index in [-0.39, 0.29) is 31.4 Å². The Hall–Kier alpha value is -4.86. The second kappa shape index (κ2) is 12.8. The van der Waals surface area contributed by atoms with Crippen molar-refractivity contribution in [3.63, 3.8) is 0 Å². The van der Waals surface area contributed by atoms with Gasteiger partial charge in [0.25, 0.3) is 0 Å².